The van der Waals surface area contributed by atoms with Crippen LogP contribution in [0.25, 0.3) is 0 Å². The van der Waals surface area contributed by atoms with Gasteiger partial charge in [0.15, 0.2) is 0 Å². The molecule has 0 spiro atoms. The SMILES string of the molecule is CCC(CC)N(CCCl)C(=O)c1ccc(Cl)cc1Br. The van der Waals surface area contributed by atoms with Crippen LogP contribution in [0.15, 0.2) is 22.7 Å². The molecular weight excluding hydrogens is 349 g/mol. The van der Waals surface area contributed by atoms with E-state index in [0.717, 1.165) is 17.3 Å². The Labute approximate surface area is 133 Å². The van der Waals surface area contributed by atoms with E-state index in [1.165, 1.54) is 0 Å². The zero-order valence-corrected chi connectivity index (χ0v) is 14.2. The number of alkyl halides is 1. The number of hydrogen-bond acceptors (Lipinski definition) is 1. The average molecular weight is 367 g/mol. The summed E-state index contributed by atoms with van der Waals surface area (Å²) in [6, 6.07) is 5.43. The third-order valence-corrected chi connectivity index (χ3v) is 4.19. The lowest BCUT2D eigenvalue weighted by molar-refractivity contribution is 0.0680. The molecule has 2 nitrogen and oxygen atoms in total. The fourth-order valence-corrected chi connectivity index (χ4v) is 3.12. The van der Waals surface area contributed by atoms with Crippen LogP contribution in [0, 0.1) is 0 Å². The van der Waals surface area contributed by atoms with Crippen LogP contribution < -0.4 is 0 Å². The van der Waals surface area contributed by atoms with Crippen molar-refractivity contribution in [3.8, 4) is 0 Å². The van der Waals surface area contributed by atoms with Gasteiger partial charge in [0.1, 0.15) is 0 Å². The Bertz CT molecular complexity index is 435. The minimum absolute atomic E-state index is 0.00195. The number of halogens is 3. The van der Waals surface area contributed by atoms with Crippen molar-refractivity contribution in [3.05, 3.63) is 33.3 Å². The van der Waals surface area contributed by atoms with Crippen molar-refractivity contribution in [2.24, 2.45) is 0 Å². The zero-order valence-electron chi connectivity index (χ0n) is 11.1. The van der Waals surface area contributed by atoms with Gasteiger partial charge in [0.2, 0.25) is 0 Å². The Morgan fingerprint density at radius 1 is 1.37 bits per heavy atom. The van der Waals surface area contributed by atoms with Gasteiger partial charge in [-0.05, 0) is 47.0 Å². The molecule has 1 rings (SSSR count). The third kappa shape index (κ3) is 4.37. The molecule has 0 aliphatic heterocycles. The van der Waals surface area contributed by atoms with Crippen LogP contribution in [0.5, 0.6) is 0 Å². The van der Waals surface area contributed by atoms with Gasteiger partial charge in [0.05, 0.1) is 5.56 Å². The Hall–Kier alpha value is -0.250. The maximum Gasteiger partial charge on any atom is 0.255 e. The van der Waals surface area contributed by atoms with Crippen LogP contribution in [0.4, 0.5) is 0 Å². The first-order chi connectivity index (χ1) is 9.04. The van der Waals surface area contributed by atoms with E-state index in [0.29, 0.717) is 23.0 Å². The first kappa shape index (κ1) is 16.8. The molecule has 1 aromatic carbocycles. The largest absolute Gasteiger partial charge is 0.334 e. The summed E-state index contributed by atoms with van der Waals surface area (Å²) in [6.07, 6.45) is 1.84. The Morgan fingerprint density at radius 2 is 2.00 bits per heavy atom. The van der Waals surface area contributed by atoms with E-state index in [4.69, 9.17) is 23.2 Å². The smallest absolute Gasteiger partial charge is 0.255 e. The summed E-state index contributed by atoms with van der Waals surface area (Å²) in [4.78, 5) is 14.5. The molecule has 0 bridgehead atoms. The molecule has 106 valence electrons. The maximum atomic E-state index is 12.6. The number of carbonyl (C=O) groups is 1. The van der Waals surface area contributed by atoms with E-state index >= 15 is 0 Å². The van der Waals surface area contributed by atoms with Crippen molar-refractivity contribution in [1.29, 1.82) is 0 Å². The summed E-state index contributed by atoms with van der Waals surface area (Å²) < 4.78 is 0.718. The lowest BCUT2D eigenvalue weighted by atomic mass is 10.1. The summed E-state index contributed by atoms with van der Waals surface area (Å²) in [5.74, 6) is 0.436. The van der Waals surface area contributed by atoms with Gasteiger partial charge in [-0.1, -0.05) is 25.4 Å². The Kier molecular flexibility index (Phi) is 7.19. The summed E-state index contributed by atoms with van der Waals surface area (Å²) in [5.41, 5.74) is 0.626. The molecule has 1 amide bonds. The lowest BCUT2D eigenvalue weighted by Crippen LogP contribution is -2.41. The molecular formula is C14H18BrCl2NO. The minimum atomic E-state index is -0.00195. The molecule has 0 fully saturated rings. The highest BCUT2D eigenvalue weighted by molar-refractivity contribution is 9.10. The van der Waals surface area contributed by atoms with Crippen LogP contribution in [0.3, 0.4) is 0 Å². The Balaban J connectivity index is 3.04. The van der Waals surface area contributed by atoms with Crippen LogP contribution in [-0.2, 0) is 0 Å². The van der Waals surface area contributed by atoms with Gasteiger partial charge in [-0.2, -0.15) is 0 Å². The second kappa shape index (κ2) is 8.13. The number of hydrogen-bond donors (Lipinski definition) is 0. The van der Waals surface area contributed by atoms with E-state index in [2.05, 4.69) is 29.8 Å². The third-order valence-electron chi connectivity index (χ3n) is 3.13. The topological polar surface area (TPSA) is 20.3 Å². The number of carbonyl (C=O) groups excluding carboxylic acids is 1. The molecule has 0 heterocycles. The zero-order chi connectivity index (χ0) is 14.4. The molecule has 0 atom stereocenters. The van der Waals surface area contributed by atoms with Crippen molar-refractivity contribution in [2.45, 2.75) is 32.7 Å². The predicted octanol–water partition coefficient (Wildman–Crippen LogP) is 4.97. The van der Waals surface area contributed by atoms with Gasteiger partial charge in [0, 0.05) is 28.0 Å². The van der Waals surface area contributed by atoms with Crippen molar-refractivity contribution >= 4 is 45.0 Å². The average Bonchev–Trinajstić information content (AvgIpc) is 2.38. The van der Waals surface area contributed by atoms with Crippen molar-refractivity contribution in [1.82, 2.24) is 4.90 Å². The molecule has 0 radical (unpaired) electrons. The fourth-order valence-electron chi connectivity index (χ4n) is 2.09. The number of nitrogens with zero attached hydrogens (tertiary/aromatic N) is 1. The first-order valence-corrected chi connectivity index (χ1v) is 8.07. The second-order valence-electron chi connectivity index (χ2n) is 4.28. The maximum absolute atomic E-state index is 12.6. The quantitative estimate of drug-likeness (QED) is 0.650. The normalized spacial score (nSPS) is 10.8. The predicted molar refractivity (Wildman–Crippen MR) is 85.3 cm³/mol. The molecule has 0 aliphatic rings. The van der Waals surface area contributed by atoms with Crippen molar-refractivity contribution in [3.63, 3.8) is 0 Å². The van der Waals surface area contributed by atoms with Crippen LogP contribution >= 0.6 is 39.1 Å². The number of amides is 1. The van der Waals surface area contributed by atoms with Crippen molar-refractivity contribution < 1.29 is 4.79 Å². The van der Waals surface area contributed by atoms with Gasteiger partial charge in [-0.15, -0.1) is 11.6 Å². The molecule has 1 aromatic rings. The monoisotopic (exact) mass is 365 g/mol. The van der Waals surface area contributed by atoms with Gasteiger partial charge in [-0.25, -0.2) is 0 Å². The fraction of sp³-hybridized carbons (Fsp3) is 0.500. The summed E-state index contributed by atoms with van der Waals surface area (Å²) >= 11 is 15.1. The van der Waals surface area contributed by atoms with Gasteiger partial charge in [0.25, 0.3) is 5.91 Å². The van der Waals surface area contributed by atoms with Gasteiger partial charge < -0.3 is 4.90 Å². The lowest BCUT2D eigenvalue weighted by Gasteiger charge is -2.30. The summed E-state index contributed by atoms with van der Waals surface area (Å²) in [6.45, 7) is 4.72. The molecule has 0 saturated heterocycles. The van der Waals surface area contributed by atoms with E-state index in [9.17, 15) is 4.79 Å². The van der Waals surface area contributed by atoms with Gasteiger partial charge >= 0.3 is 0 Å². The van der Waals surface area contributed by atoms with E-state index in [-0.39, 0.29) is 11.9 Å². The highest BCUT2D eigenvalue weighted by atomic mass is 79.9. The van der Waals surface area contributed by atoms with Crippen LogP contribution in [0.2, 0.25) is 5.02 Å². The molecule has 5 heteroatoms. The molecule has 0 N–H and O–H groups in total. The number of benzene rings is 1. The van der Waals surface area contributed by atoms with Crippen LogP contribution in [-0.4, -0.2) is 29.3 Å². The highest BCUT2D eigenvalue weighted by Gasteiger charge is 2.23. The van der Waals surface area contributed by atoms with Gasteiger partial charge in [-0.3, -0.25) is 4.79 Å². The molecule has 0 aliphatic carbocycles. The van der Waals surface area contributed by atoms with E-state index < -0.39 is 0 Å². The van der Waals surface area contributed by atoms with Crippen molar-refractivity contribution in [2.75, 3.05) is 12.4 Å². The molecule has 19 heavy (non-hydrogen) atoms. The first-order valence-electron chi connectivity index (χ1n) is 6.37. The highest BCUT2D eigenvalue weighted by Crippen LogP contribution is 2.24. The number of rotatable bonds is 6. The molecule has 0 saturated carbocycles. The minimum Gasteiger partial charge on any atom is -0.334 e. The summed E-state index contributed by atoms with van der Waals surface area (Å²) in [5, 5.41) is 0.606. The second-order valence-corrected chi connectivity index (χ2v) is 5.95. The molecule has 0 unspecified atom stereocenters. The van der Waals surface area contributed by atoms with E-state index in [1.807, 2.05) is 4.90 Å². The standard InChI is InChI=1S/C14H18BrCl2NO/c1-3-11(4-2)18(8-7-16)14(19)12-6-5-10(17)9-13(12)15/h5-6,9,11H,3-4,7-8H2,1-2H3. The van der Waals surface area contributed by atoms with E-state index in [1.54, 1.807) is 18.2 Å². The molecule has 0 aromatic heterocycles. The summed E-state index contributed by atoms with van der Waals surface area (Å²) in [7, 11) is 0. The van der Waals surface area contributed by atoms with Crippen LogP contribution in [0.1, 0.15) is 37.0 Å². The Morgan fingerprint density at radius 3 is 2.47 bits per heavy atom.